The molecular weight excluding hydrogens is 332 g/mol. The van der Waals surface area contributed by atoms with E-state index in [0.717, 1.165) is 11.3 Å². The molecule has 0 aliphatic carbocycles. The summed E-state index contributed by atoms with van der Waals surface area (Å²) in [5, 5.41) is 6.37. The van der Waals surface area contributed by atoms with E-state index in [2.05, 4.69) is 35.6 Å². The van der Waals surface area contributed by atoms with E-state index >= 15 is 0 Å². The van der Waals surface area contributed by atoms with Crippen LogP contribution in [0.4, 0.5) is 5.82 Å². The van der Waals surface area contributed by atoms with Gasteiger partial charge in [-0.3, -0.25) is 4.79 Å². The van der Waals surface area contributed by atoms with Gasteiger partial charge in [0.15, 0.2) is 5.82 Å². The number of amides is 1. The lowest BCUT2D eigenvalue weighted by Crippen LogP contribution is -2.19. The minimum atomic E-state index is -0.321. The third kappa shape index (κ3) is 4.73. The summed E-state index contributed by atoms with van der Waals surface area (Å²) in [5.41, 5.74) is 3.39. The van der Waals surface area contributed by atoms with Crippen molar-refractivity contribution in [3.05, 3.63) is 83.1 Å². The van der Waals surface area contributed by atoms with Crippen molar-refractivity contribution < 1.29 is 9.32 Å². The minimum Gasteiger partial charge on any atom is -0.360 e. The molecule has 5 heteroatoms. The highest BCUT2D eigenvalue weighted by atomic mass is 32.2. The molecule has 0 saturated carbocycles. The molecule has 1 N–H and O–H groups in total. The van der Waals surface area contributed by atoms with Crippen LogP contribution in [-0.4, -0.2) is 11.1 Å². The largest absolute Gasteiger partial charge is 0.360 e. The molecule has 4 nitrogen and oxygen atoms in total. The maximum Gasteiger partial charge on any atom is 0.243 e. The van der Waals surface area contributed by atoms with Crippen LogP contribution in [0, 0.1) is 13.8 Å². The molecule has 0 saturated heterocycles. The summed E-state index contributed by atoms with van der Waals surface area (Å²) in [6, 6.07) is 19.9. The first kappa shape index (κ1) is 17.3. The molecule has 1 aromatic heterocycles. The zero-order valence-electron chi connectivity index (χ0n) is 14.2. The minimum absolute atomic E-state index is 0.0999. The average molecular weight is 352 g/mol. The van der Waals surface area contributed by atoms with Gasteiger partial charge in [0.2, 0.25) is 5.91 Å². The van der Waals surface area contributed by atoms with Crippen molar-refractivity contribution in [3.63, 3.8) is 0 Å². The molecule has 3 aromatic rings. The number of nitrogens with zero attached hydrogens (tertiary/aromatic N) is 1. The van der Waals surface area contributed by atoms with E-state index < -0.39 is 0 Å². The van der Waals surface area contributed by atoms with E-state index in [1.54, 1.807) is 24.8 Å². The van der Waals surface area contributed by atoms with Crippen LogP contribution in [0.2, 0.25) is 0 Å². The summed E-state index contributed by atoms with van der Waals surface area (Å²) in [6.45, 7) is 3.87. The Balaban J connectivity index is 1.76. The second-order valence-corrected chi connectivity index (χ2v) is 7.00. The highest BCUT2D eigenvalue weighted by molar-refractivity contribution is 7.99. The molecule has 0 aliphatic heterocycles. The summed E-state index contributed by atoms with van der Waals surface area (Å²) in [5.74, 6) is 1.77. The van der Waals surface area contributed by atoms with Crippen LogP contribution < -0.4 is 5.32 Å². The Hall–Kier alpha value is -2.53. The number of aromatic nitrogens is 1. The molecule has 2 aromatic carbocycles. The van der Waals surface area contributed by atoms with Gasteiger partial charge >= 0.3 is 0 Å². The number of benzene rings is 2. The predicted octanol–water partition coefficient (Wildman–Crippen LogP) is 4.90. The van der Waals surface area contributed by atoms with Crippen LogP contribution in [0.25, 0.3) is 0 Å². The maximum atomic E-state index is 12.8. The summed E-state index contributed by atoms with van der Waals surface area (Å²) >= 11 is 1.60. The predicted molar refractivity (Wildman–Crippen MR) is 102 cm³/mol. The molecule has 0 aliphatic rings. The van der Waals surface area contributed by atoms with Gasteiger partial charge in [0.1, 0.15) is 11.0 Å². The molecule has 1 heterocycles. The fourth-order valence-electron chi connectivity index (χ4n) is 2.55. The molecule has 1 amide bonds. The van der Waals surface area contributed by atoms with Crippen molar-refractivity contribution in [1.82, 2.24) is 5.16 Å². The Morgan fingerprint density at radius 2 is 1.92 bits per heavy atom. The Morgan fingerprint density at radius 3 is 2.60 bits per heavy atom. The van der Waals surface area contributed by atoms with Crippen molar-refractivity contribution in [3.8, 4) is 0 Å². The first-order valence-electron chi connectivity index (χ1n) is 8.08. The van der Waals surface area contributed by atoms with E-state index in [1.807, 2.05) is 36.4 Å². The molecule has 1 unspecified atom stereocenters. The maximum absolute atomic E-state index is 12.8. The Labute approximate surface area is 151 Å². The fourth-order valence-corrected chi connectivity index (χ4v) is 3.65. The standard InChI is InChI=1S/C20H20N2O2S/c1-14-7-6-8-16(11-14)13-25-19(17-9-4-3-5-10-17)20(23)21-18-12-15(2)24-22-18/h3-12,19H,13H2,1-2H3,(H,21,22,23). The summed E-state index contributed by atoms with van der Waals surface area (Å²) < 4.78 is 5.02. The van der Waals surface area contributed by atoms with Gasteiger partial charge in [-0.05, 0) is 25.0 Å². The zero-order chi connectivity index (χ0) is 17.6. The second kappa shape index (κ2) is 8.03. The first-order valence-corrected chi connectivity index (χ1v) is 9.13. The van der Waals surface area contributed by atoms with Gasteiger partial charge in [-0.15, -0.1) is 11.8 Å². The van der Waals surface area contributed by atoms with Crippen molar-refractivity contribution >= 4 is 23.5 Å². The number of aryl methyl sites for hydroxylation is 2. The van der Waals surface area contributed by atoms with Crippen molar-refractivity contribution in [2.24, 2.45) is 0 Å². The van der Waals surface area contributed by atoms with Crippen LogP contribution in [0.3, 0.4) is 0 Å². The molecule has 128 valence electrons. The van der Waals surface area contributed by atoms with Crippen LogP contribution in [0.1, 0.15) is 27.7 Å². The number of carbonyl (C=O) groups is 1. The first-order chi connectivity index (χ1) is 12.1. The van der Waals surface area contributed by atoms with Gasteiger partial charge < -0.3 is 9.84 Å². The fraction of sp³-hybridized carbons (Fsp3) is 0.200. The SMILES string of the molecule is Cc1cccc(CSC(C(=O)Nc2cc(C)on2)c2ccccc2)c1. The number of anilines is 1. The van der Waals surface area contributed by atoms with E-state index in [4.69, 9.17) is 4.52 Å². The van der Waals surface area contributed by atoms with Gasteiger partial charge in [-0.25, -0.2) is 0 Å². The van der Waals surface area contributed by atoms with E-state index in [0.29, 0.717) is 11.6 Å². The Kier molecular flexibility index (Phi) is 5.56. The molecule has 3 rings (SSSR count). The molecule has 25 heavy (non-hydrogen) atoms. The summed E-state index contributed by atoms with van der Waals surface area (Å²) in [6.07, 6.45) is 0. The second-order valence-electron chi connectivity index (χ2n) is 5.90. The van der Waals surface area contributed by atoms with Crippen LogP contribution >= 0.6 is 11.8 Å². The third-order valence-electron chi connectivity index (χ3n) is 3.72. The average Bonchev–Trinajstić information content (AvgIpc) is 3.01. The Bertz CT molecular complexity index is 846. The molecule has 0 spiro atoms. The lowest BCUT2D eigenvalue weighted by atomic mass is 10.1. The molecule has 0 radical (unpaired) electrons. The lowest BCUT2D eigenvalue weighted by Gasteiger charge is -2.16. The van der Waals surface area contributed by atoms with Crippen LogP contribution in [-0.2, 0) is 10.5 Å². The Morgan fingerprint density at radius 1 is 1.12 bits per heavy atom. The topological polar surface area (TPSA) is 55.1 Å². The number of carbonyl (C=O) groups excluding carboxylic acids is 1. The summed E-state index contributed by atoms with van der Waals surface area (Å²) in [4.78, 5) is 12.8. The van der Waals surface area contributed by atoms with Gasteiger partial charge in [0.05, 0.1) is 0 Å². The van der Waals surface area contributed by atoms with Crippen molar-refractivity contribution in [2.75, 3.05) is 5.32 Å². The smallest absolute Gasteiger partial charge is 0.243 e. The number of rotatable bonds is 6. The van der Waals surface area contributed by atoms with Crippen molar-refractivity contribution in [2.45, 2.75) is 24.9 Å². The number of thioether (sulfide) groups is 1. The number of nitrogens with one attached hydrogen (secondary N) is 1. The quantitative estimate of drug-likeness (QED) is 0.685. The molecule has 1 atom stereocenters. The monoisotopic (exact) mass is 352 g/mol. The third-order valence-corrected chi connectivity index (χ3v) is 5.04. The lowest BCUT2D eigenvalue weighted by molar-refractivity contribution is -0.115. The number of hydrogen-bond acceptors (Lipinski definition) is 4. The van der Waals surface area contributed by atoms with Crippen LogP contribution in [0.5, 0.6) is 0 Å². The van der Waals surface area contributed by atoms with Crippen molar-refractivity contribution in [1.29, 1.82) is 0 Å². The van der Waals surface area contributed by atoms with Gasteiger partial charge in [0.25, 0.3) is 0 Å². The zero-order valence-corrected chi connectivity index (χ0v) is 15.0. The van der Waals surface area contributed by atoms with E-state index in [-0.39, 0.29) is 11.2 Å². The normalized spacial score (nSPS) is 11.9. The van der Waals surface area contributed by atoms with Gasteiger partial charge in [-0.1, -0.05) is 65.3 Å². The van der Waals surface area contributed by atoms with E-state index in [9.17, 15) is 4.79 Å². The van der Waals surface area contributed by atoms with Gasteiger partial charge in [0, 0.05) is 11.8 Å². The number of hydrogen-bond donors (Lipinski definition) is 1. The molecule has 0 bridgehead atoms. The van der Waals surface area contributed by atoms with E-state index in [1.165, 1.54) is 11.1 Å². The van der Waals surface area contributed by atoms with Crippen LogP contribution in [0.15, 0.2) is 65.2 Å². The molecule has 0 fully saturated rings. The molecular formula is C20H20N2O2S. The van der Waals surface area contributed by atoms with Gasteiger partial charge in [-0.2, -0.15) is 0 Å². The highest BCUT2D eigenvalue weighted by Gasteiger charge is 2.22. The highest BCUT2D eigenvalue weighted by Crippen LogP contribution is 2.33. The summed E-state index contributed by atoms with van der Waals surface area (Å²) in [7, 11) is 0.